The van der Waals surface area contributed by atoms with Gasteiger partial charge in [0.2, 0.25) is 5.91 Å². The number of benzene rings is 2. The molecule has 7 nitrogen and oxygen atoms in total. The molecule has 2 aromatic carbocycles. The Labute approximate surface area is 165 Å². The van der Waals surface area contributed by atoms with Crippen LogP contribution in [0.5, 0.6) is 5.75 Å². The van der Waals surface area contributed by atoms with Crippen LogP contribution < -0.4 is 20.7 Å². The lowest BCUT2D eigenvalue weighted by atomic mass is 10.0. The van der Waals surface area contributed by atoms with Crippen LogP contribution >= 0.6 is 11.3 Å². The number of carbonyl (C=O) groups excluding carboxylic acids is 2. The highest BCUT2D eigenvalue weighted by Gasteiger charge is 2.32. The average Bonchev–Trinajstić information content (AvgIpc) is 3.22. The van der Waals surface area contributed by atoms with Crippen molar-refractivity contribution in [1.29, 1.82) is 0 Å². The van der Waals surface area contributed by atoms with E-state index in [2.05, 4.69) is 10.3 Å². The van der Waals surface area contributed by atoms with E-state index in [1.54, 1.807) is 22.5 Å². The largest absolute Gasteiger partial charge is 0.487 e. The highest BCUT2D eigenvalue weighted by Crippen LogP contribution is 2.33. The van der Waals surface area contributed by atoms with Crippen molar-refractivity contribution in [1.82, 2.24) is 10.3 Å². The van der Waals surface area contributed by atoms with Crippen molar-refractivity contribution >= 4 is 28.8 Å². The van der Waals surface area contributed by atoms with E-state index in [1.807, 2.05) is 41.8 Å². The van der Waals surface area contributed by atoms with Gasteiger partial charge in [-0.2, -0.15) is 0 Å². The number of anilines is 1. The molecule has 0 radical (unpaired) electrons. The molecule has 1 atom stereocenters. The maximum Gasteiger partial charge on any atom is 0.255 e. The Morgan fingerprint density at radius 3 is 2.71 bits per heavy atom. The number of rotatable bonds is 6. The Hall–Kier alpha value is -3.39. The first-order chi connectivity index (χ1) is 13.6. The van der Waals surface area contributed by atoms with E-state index >= 15 is 0 Å². The second kappa shape index (κ2) is 7.69. The van der Waals surface area contributed by atoms with Gasteiger partial charge in [0, 0.05) is 5.38 Å². The number of nitrogens with zero attached hydrogens (tertiary/aromatic N) is 2. The number of carbonyl (C=O) groups is 2. The Balaban J connectivity index is 1.58. The Morgan fingerprint density at radius 2 is 2.00 bits per heavy atom. The molecule has 0 saturated carbocycles. The third-order valence-electron chi connectivity index (χ3n) is 4.43. The average molecular weight is 394 g/mol. The number of fused-ring (bicyclic) bond motifs is 1. The van der Waals surface area contributed by atoms with Crippen LogP contribution in [0.15, 0.2) is 59.4 Å². The lowest BCUT2D eigenvalue weighted by molar-refractivity contribution is -0.116. The second-order valence-electron chi connectivity index (χ2n) is 6.32. The quantitative estimate of drug-likeness (QED) is 0.669. The monoisotopic (exact) mass is 394 g/mol. The lowest BCUT2D eigenvalue weighted by Gasteiger charge is -2.38. The minimum Gasteiger partial charge on any atom is -0.487 e. The molecule has 1 aliphatic rings. The van der Waals surface area contributed by atoms with E-state index < -0.39 is 12.1 Å². The number of primary amides is 1. The molecule has 0 bridgehead atoms. The Kier molecular flexibility index (Phi) is 4.94. The van der Waals surface area contributed by atoms with E-state index in [9.17, 15) is 9.59 Å². The predicted molar refractivity (Wildman–Crippen MR) is 106 cm³/mol. The fraction of sp³-hybridized carbons (Fsp3) is 0.150. The number of nitrogens with one attached hydrogen (secondary N) is 1. The molecule has 1 aliphatic heterocycles. The summed E-state index contributed by atoms with van der Waals surface area (Å²) in [5.74, 6) is 0.0325. The number of thiazole rings is 1. The zero-order valence-corrected chi connectivity index (χ0v) is 15.7. The Morgan fingerprint density at radius 1 is 1.21 bits per heavy atom. The summed E-state index contributed by atoms with van der Waals surface area (Å²) in [7, 11) is 0. The van der Waals surface area contributed by atoms with Crippen molar-refractivity contribution < 1.29 is 14.3 Å². The van der Waals surface area contributed by atoms with Crippen LogP contribution in [0.2, 0.25) is 0 Å². The van der Waals surface area contributed by atoms with Crippen molar-refractivity contribution in [3.05, 3.63) is 76.2 Å². The number of amides is 2. The van der Waals surface area contributed by atoms with Gasteiger partial charge in [0.1, 0.15) is 18.5 Å². The molecule has 142 valence electrons. The number of nitrogens with two attached hydrogens (primary N) is 1. The van der Waals surface area contributed by atoms with Crippen LogP contribution in [0.4, 0.5) is 5.69 Å². The number of aromatic nitrogens is 1. The molecule has 0 aliphatic carbocycles. The molecule has 0 fully saturated rings. The van der Waals surface area contributed by atoms with Gasteiger partial charge in [0.15, 0.2) is 0 Å². The summed E-state index contributed by atoms with van der Waals surface area (Å²) in [6.45, 7) is 0.383. The molecule has 0 spiro atoms. The molecule has 1 aromatic heterocycles. The molecule has 4 rings (SSSR count). The standard InChI is InChI=1S/C20H18N4O3S/c21-18(25)9-24-17-4-2-1-3-16(17)20(26)23-19(24)13-5-7-15(8-6-13)27-10-14-11-28-12-22-14/h1-8,11-12,19H,9-10H2,(H2,21,25)(H,23,26)/t19-/m1/s1. The molecule has 0 saturated heterocycles. The number of ether oxygens (including phenoxy) is 1. The first-order valence-electron chi connectivity index (χ1n) is 8.66. The van der Waals surface area contributed by atoms with Crippen LogP contribution in [0.1, 0.15) is 27.8 Å². The number of hydrogen-bond donors (Lipinski definition) is 2. The number of hydrogen-bond acceptors (Lipinski definition) is 6. The van der Waals surface area contributed by atoms with Crippen LogP contribution in [0.25, 0.3) is 0 Å². The highest BCUT2D eigenvalue weighted by molar-refractivity contribution is 7.07. The minimum absolute atomic E-state index is 0.00988. The highest BCUT2D eigenvalue weighted by atomic mass is 32.1. The molecular weight excluding hydrogens is 376 g/mol. The summed E-state index contributed by atoms with van der Waals surface area (Å²) in [5, 5.41) is 4.88. The summed E-state index contributed by atoms with van der Waals surface area (Å²) < 4.78 is 5.73. The third kappa shape index (κ3) is 3.67. The van der Waals surface area contributed by atoms with Gasteiger partial charge in [-0.05, 0) is 29.8 Å². The fourth-order valence-corrected chi connectivity index (χ4v) is 3.70. The molecule has 0 unspecified atom stereocenters. The minimum atomic E-state index is -0.498. The van der Waals surface area contributed by atoms with E-state index in [0.29, 0.717) is 23.6 Å². The van der Waals surface area contributed by atoms with Crippen molar-refractivity contribution in [2.45, 2.75) is 12.8 Å². The summed E-state index contributed by atoms with van der Waals surface area (Å²) in [6.07, 6.45) is -0.498. The van der Waals surface area contributed by atoms with Crippen LogP contribution in [0.3, 0.4) is 0 Å². The molecular formula is C20H18N4O3S. The second-order valence-corrected chi connectivity index (χ2v) is 7.04. The van der Waals surface area contributed by atoms with Gasteiger partial charge in [-0.25, -0.2) is 4.98 Å². The maximum absolute atomic E-state index is 12.5. The van der Waals surface area contributed by atoms with E-state index in [4.69, 9.17) is 10.5 Å². The van der Waals surface area contributed by atoms with E-state index in [-0.39, 0.29) is 12.5 Å². The van der Waals surface area contributed by atoms with Crippen molar-refractivity contribution in [3.63, 3.8) is 0 Å². The predicted octanol–water partition coefficient (Wildman–Crippen LogP) is 2.46. The van der Waals surface area contributed by atoms with Crippen LogP contribution in [0, 0.1) is 0 Å². The van der Waals surface area contributed by atoms with Crippen LogP contribution in [-0.2, 0) is 11.4 Å². The third-order valence-corrected chi connectivity index (χ3v) is 5.07. The zero-order valence-electron chi connectivity index (χ0n) is 14.9. The first kappa shape index (κ1) is 18.0. The first-order valence-corrected chi connectivity index (χ1v) is 9.61. The summed E-state index contributed by atoms with van der Waals surface area (Å²) in [6, 6.07) is 14.5. The van der Waals surface area contributed by atoms with Gasteiger partial charge < -0.3 is 20.7 Å². The smallest absolute Gasteiger partial charge is 0.255 e. The Bertz CT molecular complexity index is 989. The fourth-order valence-electron chi connectivity index (χ4n) is 3.16. The van der Waals surface area contributed by atoms with Crippen molar-refractivity contribution in [2.24, 2.45) is 5.73 Å². The topological polar surface area (TPSA) is 97.6 Å². The van der Waals surface area contributed by atoms with Crippen molar-refractivity contribution in [3.8, 4) is 5.75 Å². The molecule has 2 heterocycles. The van der Waals surface area contributed by atoms with Gasteiger partial charge in [-0.3, -0.25) is 9.59 Å². The molecule has 3 N–H and O–H groups in total. The molecule has 28 heavy (non-hydrogen) atoms. The van der Waals surface area contributed by atoms with Crippen molar-refractivity contribution in [2.75, 3.05) is 11.4 Å². The molecule has 8 heteroatoms. The number of para-hydroxylation sites is 1. The van der Waals surface area contributed by atoms with Crippen LogP contribution in [-0.4, -0.2) is 23.3 Å². The van der Waals surface area contributed by atoms with Gasteiger partial charge >= 0.3 is 0 Å². The van der Waals surface area contributed by atoms with E-state index in [0.717, 1.165) is 11.3 Å². The molecule has 3 aromatic rings. The van der Waals surface area contributed by atoms with Gasteiger partial charge in [0.05, 0.1) is 29.0 Å². The lowest BCUT2D eigenvalue weighted by Crippen LogP contribution is -2.49. The summed E-state index contributed by atoms with van der Waals surface area (Å²) in [4.78, 5) is 30.1. The summed E-state index contributed by atoms with van der Waals surface area (Å²) >= 11 is 1.52. The van der Waals surface area contributed by atoms with Gasteiger partial charge in [-0.1, -0.05) is 24.3 Å². The maximum atomic E-state index is 12.5. The van der Waals surface area contributed by atoms with Gasteiger partial charge in [0.25, 0.3) is 5.91 Å². The van der Waals surface area contributed by atoms with E-state index in [1.165, 1.54) is 11.3 Å². The summed E-state index contributed by atoms with van der Waals surface area (Å²) in [5.41, 5.74) is 10.1. The molecule has 2 amide bonds. The SMILES string of the molecule is NC(=O)CN1c2ccccc2C(=O)N[C@H]1c1ccc(OCc2cscn2)cc1. The van der Waals surface area contributed by atoms with Gasteiger partial charge in [-0.15, -0.1) is 11.3 Å². The normalized spacial score (nSPS) is 15.6. The zero-order chi connectivity index (χ0) is 19.5.